The minimum absolute atomic E-state index is 0.136. The van der Waals surface area contributed by atoms with Gasteiger partial charge in [-0.05, 0) is 49.7 Å². The number of carbonyl (C=O) groups excluding carboxylic acids is 1. The van der Waals surface area contributed by atoms with Crippen LogP contribution in [0, 0.1) is 36.8 Å². The number of nitrogens with zero attached hydrogens (tertiary/aromatic N) is 2. The molecule has 0 unspecified atom stereocenters. The molecule has 3 aromatic carbocycles. The third-order valence-corrected chi connectivity index (χ3v) is 7.48. The van der Waals surface area contributed by atoms with E-state index in [4.69, 9.17) is 6.57 Å². The first kappa shape index (κ1) is 28.3. The highest BCUT2D eigenvalue weighted by atomic mass is 19.2. The molecule has 2 N–H and O–H groups in total. The highest BCUT2D eigenvalue weighted by Crippen LogP contribution is 2.38. The maximum atomic E-state index is 14.0. The molecule has 39 heavy (non-hydrogen) atoms. The van der Waals surface area contributed by atoms with Gasteiger partial charge in [0.15, 0.2) is 28.9 Å². The molecular formula is C30H29F4N3O2. The van der Waals surface area contributed by atoms with Gasteiger partial charge in [-0.15, -0.1) is 0 Å². The van der Waals surface area contributed by atoms with Gasteiger partial charge in [0.25, 0.3) is 11.4 Å². The van der Waals surface area contributed by atoms with Crippen LogP contribution in [0.1, 0.15) is 41.5 Å². The molecule has 1 amide bonds. The number of nitrogens with one attached hydrogen (secondary N) is 1. The quantitative estimate of drug-likeness (QED) is 0.235. The molecule has 1 heterocycles. The average molecular weight is 540 g/mol. The number of amides is 1. The predicted molar refractivity (Wildman–Crippen MR) is 138 cm³/mol. The van der Waals surface area contributed by atoms with Crippen LogP contribution in [0.5, 0.6) is 0 Å². The summed E-state index contributed by atoms with van der Waals surface area (Å²) in [6.45, 7) is 12.0. The molecule has 9 heteroatoms. The summed E-state index contributed by atoms with van der Waals surface area (Å²) < 4.78 is 55.0. The molecule has 0 saturated carbocycles. The summed E-state index contributed by atoms with van der Waals surface area (Å²) in [6, 6.07) is 12.8. The molecule has 5 nitrogen and oxygen atoms in total. The van der Waals surface area contributed by atoms with Crippen molar-refractivity contribution in [2.45, 2.75) is 37.3 Å². The zero-order valence-electron chi connectivity index (χ0n) is 21.5. The van der Waals surface area contributed by atoms with Crippen LogP contribution >= 0.6 is 0 Å². The number of piperidine rings is 1. The van der Waals surface area contributed by atoms with Gasteiger partial charge in [0.05, 0.1) is 0 Å². The number of hydrogen-bond acceptors (Lipinski definition) is 3. The van der Waals surface area contributed by atoms with Gasteiger partial charge in [-0.25, -0.2) is 24.1 Å². The van der Waals surface area contributed by atoms with Crippen molar-refractivity contribution < 1.29 is 27.5 Å². The minimum Gasteiger partial charge on any atom is -0.372 e. The van der Waals surface area contributed by atoms with Crippen LogP contribution in [-0.2, 0) is 15.9 Å². The lowest BCUT2D eigenvalue weighted by atomic mass is 9.79. The van der Waals surface area contributed by atoms with Crippen LogP contribution < -0.4 is 5.32 Å². The summed E-state index contributed by atoms with van der Waals surface area (Å²) in [6.07, 6.45) is 1.87. The molecule has 0 aromatic heterocycles. The topological polar surface area (TPSA) is 56.9 Å². The van der Waals surface area contributed by atoms with Crippen molar-refractivity contribution in [3.63, 3.8) is 0 Å². The number of aliphatic hydroxyl groups is 1. The van der Waals surface area contributed by atoms with Gasteiger partial charge in [-0.3, -0.25) is 4.79 Å². The van der Waals surface area contributed by atoms with Crippen molar-refractivity contribution in [1.82, 2.24) is 10.2 Å². The molecule has 1 fully saturated rings. The Balaban J connectivity index is 1.40. The molecule has 1 saturated heterocycles. The molecule has 0 radical (unpaired) electrons. The second-order valence-electron chi connectivity index (χ2n) is 9.88. The van der Waals surface area contributed by atoms with Gasteiger partial charge >= 0.3 is 0 Å². The summed E-state index contributed by atoms with van der Waals surface area (Å²) in [5, 5.41) is 14.0. The second kappa shape index (κ2) is 11.6. The summed E-state index contributed by atoms with van der Waals surface area (Å²) in [5.74, 6) is -5.94. The van der Waals surface area contributed by atoms with Crippen LogP contribution in [0.25, 0.3) is 4.85 Å². The van der Waals surface area contributed by atoms with Crippen LogP contribution in [0.4, 0.5) is 17.6 Å². The Bertz CT molecular complexity index is 1350. The zero-order chi connectivity index (χ0) is 28.2. The molecular weight excluding hydrogens is 510 g/mol. The van der Waals surface area contributed by atoms with Gasteiger partial charge in [0, 0.05) is 49.2 Å². The Morgan fingerprint density at radius 3 is 2.05 bits per heavy atom. The second-order valence-corrected chi connectivity index (χ2v) is 9.88. The van der Waals surface area contributed by atoms with Gasteiger partial charge in [0.1, 0.15) is 0 Å². The maximum Gasteiger partial charge on any atom is 0.261 e. The summed E-state index contributed by atoms with van der Waals surface area (Å²) in [4.78, 5) is 19.4. The monoisotopic (exact) mass is 539 g/mol. The lowest BCUT2D eigenvalue weighted by Gasteiger charge is -2.35. The third kappa shape index (κ3) is 5.68. The Morgan fingerprint density at radius 1 is 0.974 bits per heavy atom. The van der Waals surface area contributed by atoms with Crippen molar-refractivity contribution in [2.75, 3.05) is 26.2 Å². The average Bonchev–Trinajstić information content (AvgIpc) is 2.94. The fraction of sp³-hybridized carbons (Fsp3) is 0.333. The number of benzene rings is 3. The first-order valence-corrected chi connectivity index (χ1v) is 12.7. The van der Waals surface area contributed by atoms with E-state index in [1.54, 1.807) is 0 Å². The van der Waals surface area contributed by atoms with E-state index in [2.05, 4.69) is 15.1 Å². The van der Waals surface area contributed by atoms with E-state index in [0.29, 0.717) is 51.0 Å². The van der Waals surface area contributed by atoms with Gasteiger partial charge < -0.3 is 20.2 Å². The van der Waals surface area contributed by atoms with Gasteiger partial charge in [0.2, 0.25) is 0 Å². The number of likely N-dealkylation sites (tertiary alicyclic amines) is 1. The van der Waals surface area contributed by atoms with Crippen molar-refractivity contribution in [1.29, 1.82) is 0 Å². The van der Waals surface area contributed by atoms with Crippen molar-refractivity contribution in [3.8, 4) is 0 Å². The van der Waals surface area contributed by atoms with E-state index in [1.165, 1.54) is 0 Å². The maximum absolute atomic E-state index is 14.0. The Morgan fingerprint density at radius 2 is 1.54 bits per heavy atom. The lowest BCUT2D eigenvalue weighted by molar-refractivity contribution is -0.136. The number of carbonyl (C=O) groups is 1. The van der Waals surface area contributed by atoms with E-state index in [9.17, 15) is 27.5 Å². The first-order chi connectivity index (χ1) is 18.6. The fourth-order valence-electron chi connectivity index (χ4n) is 5.19. The summed E-state index contributed by atoms with van der Waals surface area (Å²) in [5.41, 5.74) is -1.64. The summed E-state index contributed by atoms with van der Waals surface area (Å²) in [7, 11) is 0. The first-order valence-electron chi connectivity index (χ1n) is 12.7. The highest BCUT2D eigenvalue weighted by Gasteiger charge is 2.43. The van der Waals surface area contributed by atoms with Crippen LogP contribution in [-0.4, -0.2) is 42.1 Å². The van der Waals surface area contributed by atoms with Crippen LogP contribution in [0.3, 0.4) is 0 Å². The number of aryl methyl sites for hydroxylation is 1. The molecule has 1 aliphatic heterocycles. The van der Waals surface area contributed by atoms with E-state index >= 15 is 0 Å². The third-order valence-electron chi connectivity index (χ3n) is 7.48. The van der Waals surface area contributed by atoms with Crippen molar-refractivity contribution >= 4 is 5.91 Å². The zero-order valence-corrected chi connectivity index (χ0v) is 21.5. The fourth-order valence-corrected chi connectivity index (χ4v) is 5.19. The molecule has 0 bridgehead atoms. The molecule has 0 atom stereocenters. The lowest BCUT2D eigenvalue weighted by Crippen LogP contribution is -2.46. The normalized spacial score (nSPS) is 15.5. The smallest absolute Gasteiger partial charge is 0.261 e. The van der Waals surface area contributed by atoms with E-state index in [1.807, 2.05) is 31.2 Å². The van der Waals surface area contributed by atoms with Crippen molar-refractivity contribution in [3.05, 3.63) is 118 Å². The number of rotatable bonds is 8. The molecule has 0 aliphatic carbocycles. The number of halogens is 4. The number of hydrogen-bond donors (Lipinski definition) is 2. The highest BCUT2D eigenvalue weighted by molar-refractivity contribution is 5.90. The Hall–Kier alpha value is -3.74. The van der Waals surface area contributed by atoms with Crippen molar-refractivity contribution in [2.24, 2.45) is 0 Å². The predicted octanol–water partition coefficient (Wildman–Crippen LogP) is 5.20. The van der Waals surface area contributed by atoms with E-state index < -0.39 is 40.3 Å². The van der Waals surface area contributed by atoms with Crippen LogP contribution in [0.15, 0.2) is 60.7 Å². The molecule has 3 aromatic rings. The molecule has 1 aliphatic rings. The minimum atomic E-state index is -2.59. The van der Waals surface area contributed by atoms with Gasteiger partial charge in [-0.1, -0.05) is 36.4 Å². The molecule has 4 rings (SSSR count). The summed E-state index contributed by atoms with van der Waals surface area (Å²) >= 11 is 0. The van der Waals surface area contributed by atoms with Crippen LogP contribution in [0.2, 0.25) is 0 Å². The molecule has 0 spiro atoms. The SMILES string of the molecule is [C-]#[N+]C1(c2ccccc2C)CCN(CCCNC(=O)C(O)(c2ccc(F)c(F)c2)c2ccc(F)c(F)c2)CC1. The van der Waals surface area contributed by atoms with Gasteiger partial charge in [-0.2, -0.15) is 0 Å². The van der Waals surface area contributed by atoms with E-state index in [-0.39, 0.29) is 17.7 Å². The standard InChI is InChI=1S/C30H29F4N3O2/c1-20-6-3-4-7-23(20)29(35-2)12-16-37(17-13-29)15-5-14-36-28(38)30(39,21-8-10-24(31)26(33)18-21)22-9-11-25(32)27(34)19-22/h3-4,6-11,18-19,39H,5,12-17H2,1H3,(H,36,38). The largest absolute Gasteiger partial charge is 0.372 e. The molecule has 204 valence electrons. The Kier molecular flexibility index (Phi) is 8.38. The Labute approximate surface area is 224 Å². The van der Waals surface area contributed by atoms with E-state index in [0.717, 1.165) is 35.4 Å².